The van der Waals surface area contributed by atoms with E-state index < -0.39 is 0 Å². The number of carbonyl (C=O) groups excluding carboxylic acids is 1. The van der Waals surface area contributed by atoms with Gasteiger partial charge in [0, 0.05) is 17.2 Å². The van der Waals surface area contributed by atoms with Gasteiger partial charge in [-0.1, -0.05) is 6.92 Å². The van der Waals surface area contributed by atoms with Crippen LogP contribution in [0.25, 0.3) is 0 Å². The summed E-state index contributed by atoms with van der Waals surface area (Å²) in [5.74, 6) is -0.303. The van der Waals surface area contributed by atoms with E-state index >= 15 is 0 Å². The number of esters is 1. The van der Waals surface area contributed by atoms with Crippen LogP contribution in [0.4, 0.5) is 0 Å². The smallest absolute Gasteiger partial charge is 0.354 e. The van der Waals surface area contributed by atoms with Gasteiger partial charge in [-0.2, -0.15) is 0 Å². The van der Waals surface area contributed by atoms with Crippen LogP contribution in [0.15, 0.2) is 10.5 Å². The average Bonchev–Trinajstić information content (AvgIpc) is 2.40. The number of halogens is 1. The minimum Gasteiger partial charge on any atom is -0.464 e. The van der Waals surface area contributed by atoms with Crippen molar-refractivity contribution in [1.29, 1.82) is 0 Å². The Bertz CT molecular complexity index is 331. The van der Waals surface area contributed by atoms with Gasteiger partial charge in [-0.25, -0.2) is 4.79 Å². The summed E-state index contributed by atoms with van der Waals surface area (Å²) in [6, 6.07) is 1.78. The van der Waals surface area contributed by atoms with Crippen molar-refractivity contribution in [2.45, 2.75) is 13.3 Å². The van der Waals surface area contributed by atoms with Gasteiger partial charge in [-0.3, -0.25) is 0 Å². The van der Waals surface area contributed by atoms with Gasteiger partial charge in [0.05, 0.1) is 7.11 Å². The fourth-order valence-corrected chi connectivity index (χ4v) is 2.08. The van der Waals surface area contributed by atoms with Gasteiger partial charge in [-0.05, 0) is 28.4 Å². The lowest BCUT2D eigenvalue weighted by molar-refractivity contribution is 0.0589. The quantitative estimate of drug-likeness (QED) is 0.748. The van der Waals surface area contributed by atoms with Gasteiger partial charge >= 0.3 is 5.97 Å². The number of aromatic nitrogens is 1. The Hall–Kier alpha value is -0.770. The fraction of sp³-hybridized carbons (Fsp3) is 0.444. The third kappa shape index (κ3) is 1.77. The predicted octanol–water partition coefficient (Wildman–Crippen LogP) is 2.14. The lowest BCUT2D eigenvalue weighted by atomic mass is 10.3. The summed E-state index contributed by atoms with van der Waals surface area (Å²) in [7, 11) is 3.24. The predicted molar refractivity (Wildman–Crippen MR) is 53.8 cm³/mol. The van der Waals surface area contributed by atoms with Crippen LogP contribution in [0.3, 0.4) is 0 Å². The molecule has 0 spiro atoms. The molecule has 0 fully saturated rings. The third-order valence-electron chi connectivity index (χ3n) is 2.03. The summed E-state index contributed by atoms with van der Waals surface area (Å²) >= 11 is 3.40. The van der Waals surface area contributed by atoms with Crippen LogP contribution in [0.1, 0.15) is 23.1 Å². The summed E-state index contributed by atoms with van der Waals surface area (Å²) in [4.78, 5) is 11.3. The zero-order valence-corrected chi connectivity index (χ0v) is 9.51. The maximum atomic E-state index is 11.3. The van der Waals surface area contributed by atoms with Crippen molar-refractivity contribution in [2.24, 2.45) is 7.05 Å². The molecular weight excluding hydrogens is 234 g/mol. The van der Waals surface area contributed by atoms with Crippen LogP contribution < -0.4 is 0 Å². The maximum Gasteiger partial charge on any atom is 0.354 e. The summed E-state index contributed by atoms with van der Waals surface area (Å²) < 4.78 is 7.45. The molecule has 0 saturated heterocycles. The third-order valence-corrected chi connectivity index (χ3v) is 2.72. The van der Waals surface area contributed by atoms with E-state index in [1.165, 1.54) is 7.11 Å². The van der Waals surface area contributed by atoms with E-state index in [-0.39, 0.29) is 5.97 Å². The van der Waals surface area contributed by atoms with E-state index in [2.05, 4.69) is 20.7 Å². The zero-order chi connectivity index (χ0) is 10.0. The largest absolute Gasteiger partial charge is 0.464 e. The first-order chi connectivity index (χ1) is 6.11. The van der Waals surface area contributed by atoms with Crippen molar-refractivity contribution in [3.8, 4) is 0 Å². The van der Waals surface area contributed by atoms with Gasteiger partial charge in [0.25, 0.3) is 0 Å². The monoisotopic (exact) mass is 245 g/mol. The van der Waals surface area contributed by atoms with E-state index in [4.69, 9.17) is 0 Å². The lowest BCUT2D eigenvalue weighted by Crippen LogP contribution is -2.08. The first kappa shape index (κ1) is 10.3. The summed E-state index contributed by atoms with van der Waals surface area (Å²) in [5, 5.41) is 0. The first-order valence-corrected chi connectivity index (χ1v) is 4.83. The van der Waals surface area contributed by atoms with Crippen LogP contribution >= 0.6 is 15.9 Å². The van der Waals surface area contributed by atoms with Crippen LogP contribution in [-0.2, 0) is 18.2 Å². The SMILES string of the molecule is CCc1c(Br)cc(C(=O)OC)n1C. The molecule has 0 aliphatic heterocycles. The van der Waals surface area contributed by atoms with E-state index in [9.17, 15) is 4.79 Å². The second kappa shape index (κ2) is 3.96. The highest BCUT2D eigenvalue weighted by atomic mass is 79.9. The molecule has 0 aliphatic carbocycles. The Morgan fingerprint density at radius 1 is 1.69 bits per heavy atom. The number of hydrogen-bond acceptors (Lipinski definition) is 2. The van der Waals surface area contributed by atoms with Crippen LogP contribution in [-0.4, -0.2) is 17.6 Å². The lowest BCUT2D eigenvalue weighted by Gasteiger charge is -2.03. The molecule has 1 aromatic rings. The standard InChI is InChI=1S/C9H12BrNO2/c1-4-7-6(10)5-8(11(7)2)9(12)13-3/h5H,4H2,1-3H3. The molecule has 3 nitrogen and oxygen atoms in total. The number of rotatable bonds is 2. The Kier molecular flexibility index (Phi) is 3.14. The fourth-order valence-electron chi connectivity index (χ4n) is 1.31. The first-order valence-electron chi connectivity index (χ1n) is 4.04. The molecule has 0 N–H and O–H groups in total. The maximum absolute atomic E-state index is 11.3. The van der Waals surface area contributed by atoms with Crippen molar-refractivity contribution in [3.63, 3.8) is 0 Å². The molecule has 0 aromatic carbocycles. The van der Waals surface area contributed by atoms with Gasteiger partial charge in [0.2, 0.25) is 0 Å². The molecule has 0 saturated carbocycles. The number of carbonyl (C=O) groups is 1. The molecule has 1 rings (SSSR count). The van der Waals surface area contributed by atoms with Crippen molar-refractivity contribution in [3.05, 3.63) is 21.9 Å². The molecule has 1 aromatic heterocycles. The highest BCUT2D eigenvalue weighted by Gasteiger charge is 2.15. The molecule has 0 unspecified atom stereocenters. The number of methoxy groups -OCH3 is 1. The van der Waals surface area contributed by atoms with E-state index in [0.29, 0.717) is 5.69 Å². The topological polar surface area (TPSA) is 31.2 Å². The molecule has 0 atom stereocenters. The molecule has 13 heavy (non-hydrogen) atoms. The molecule has 0 amide bonds. The Balaban J connectivity index is 3.18. The minimum atomic E-state index is -0.303. The van der Waals surface area contributed by atoms with Gasteiger partial charge in [0.15, 0.2) is 0 Å². The van der Waals surface area contributed by atoms with Crippen molar-refractivity contribution in [1.82, 2.24) is 4.57 Å². The van der Waals surface area contributed by atoms with Crippen LogP contribution in [0.2, 0.25) is 0 Å². The Labute approximate surface area is 85.8 Å². The molecular formula is C9H12BrNO2. The Morgan fingerprint density at radius 3 is 2.69 bits per heavy atom. The summed E-state index contributed by atoms with van der Waals surface area (Å²) in [5.41, 5.74) is 1.67. The molecule has 72 valence electrons. The number of nitrogens with zero attached hydrogens (tertiary/aromatic N) is 1. The molecule has 4 heteroatoms. The zero-order valence-electron chi connectivity index (χ0n) is 7.93. The normalized spacial score (nSPS) is 10.2. The van der Waals surface area contributed by atoms with Crippen LogP contribution in [0, 0.1) is 0 Å². The van der Waals surface area contributed by atoms with E-state index in [1.54, 1.807) is 6.07 Å². The van der Waals surface area contributed by atoms with Crippen molar-refractivity contribution >= 4 is 21.9 Å². The Morgan fingerprint density at radius 2 is 2.31 bits per heavy atom. The van der Waals surface area contributed by atoms with Gasteiger partial charge in [0.1, 0.15) is 5.69 Å². The van der Waals surface area contributed by atoms with E-state index in [0.717, 1.165) is 16.6 Å². The molecule has 0 bridgehead atoms. The second-order valence-electron chi connectivity index (χ2n) is 2.73. The van der Waals surface area contributed by atoms with Gasteiger partial charge in [-0.15, -0.1) is 0 Å². The van der Waals surface area contributed by atoms with Crippen molar-refractivity contribution < 1.29 is 9.53 Å². The summed E-state index contributed by atoms with van der Waals surface area (Å²) in [6.07, 6.45) is 0.883. The van der Waals surface area contributed by atoms with Crippen molar-refractivity contribution in [2.75, 3.05) is 7.11 Å². The molecule has 1 heterocycles. The van der Waals surface area contributed by atoms with E-state index in [1.807, 2.05) is 18.5 Å². The number of ether oxygens (including phenoxy) is 1. The highest BCUT2D eigenvalue weighted by molar-refractivity contribution is 9.10. The average molecular weight is 246 g/mol. The minimum absolute atomic E-state index is 0.303. The second-order valence-corrected chi connectivity index (χ2v) is 3.58. The van der Waals surface area contributed by atoms with Gasteiger partial charge < -0.3 is 9.30 Å². The molecule has 0 radical (unpaired) electrons. The summed E-state index contributed by atoms with van der Waals surface area (Å²) in [6.45, 7) is 2.04. The number of hydrogen-bond donors (Lipinski definition) is 0. The van der Waals surface area contributed by atoms with Crippen LogP contribution in [0.5, 0.6) is 0 Å². The molecule has 0 aliphatic rings. The highest BCUT2D eigenvalue weighted by Crippen LogP contribution is 2.21.